The Labute approximate surface area is 166 Å². The van der Waals surface area contributed by atoms with Gasteiger partial charge in [0.05, 0.1) is 17.6 Å². The Hall–Kier alpha value is -2.92. The monoisotopic (exact) mass is 377 g/mol. The first-order chi connectivity index (χ1) is 13.8. The van der Waals surface area contributed by atoms with E-state index in [1.54, 1.807) is 6.08 Å². The second-order valence-corrected chi connectivity index (χ2v) is 6.50. The summed E-state index contributed by atoms with van der Waals surface area (Å²) in [4.78, 5) is 16.7. The van der Waals surface area contributed by atoms with Crippen molar-refractivity contribution in [3.05, 3.63) is 72.1 Å². The molecule has 1 aromatic heterocycles. The minimum atomic E-state index is -0.0753. The largest absolute Gasteiger partial charge is 0.380 e. The van der Waals surface area contributed by atoms with Gasteiger partial charge >= 0.3 is 0 Å². The van der Waals surface area contributed by atoms with Crippen molar-refractivity contribution in [2.45, 2.75) is 26.3 Å². The second kappa shape index (κ2) is 10.4. The number of amides is 1. The number of hydrogen-bond donors (Lipinski definition) is 1. The van der Waals surface area contributed by atoms with Crippen molar-refractivity contribution in [2.75, 3.05) is 19.8 Å². The van der Waals surface area contributed by atoms with Crippen LogP contribution in [0.1, 0.15) is 24.7 Å². The molecule has 1 amide bonds. The van der Waals surface area contributed by atoms with Gasteiger partial charge < -0.3 is 14.6 Å². The molecule has 0 saturated heterocycles. The minimum absolute atomic E-state index is 0.0753. The summed E-state index contributed by atoms with van der Waals surface area (Å²) in [5, 5.41) is 2.94. The van der Waals surface area contributed by atoms with Crippen LogP contribution in [0.3, 0.4) is 0 Å². The highest BCUT2D eigenvalue weighted by atomic mass is 16.5. The van der Waals surface area contributed by atoms with Crippen molar-refractivity contribution < 1.29 is 9.53 Å². The lowest BCUT2D eigenvalue weighted by atomic mass is 10.2. The average Bonchev–Trinajstić information content (AvgIpc) is 3.08. The predicted octanol–water partition coefficient (Wildman–Crippen LogP) is 3.84. The Morgan fingerprint density at radius 1 is 1.14 bits per heavy atom. The summed E-state index contributed by atoms with van der Waals surface area (Å²) in [6.45, 7) is 4.79. The zero-order valence-electron chi connectivity index (χ0n) is 16.3. The number of nitrogens with one attached hydrogen (secondary N) is 1. The number of aromatic nitrogens is 2. The van der Waals surface area contributed by atoms with Gasteiger partial charge in [-0.2, -0.15) is 0 Å². The van der Waals surface area contributed by atoms with Crippen molar-refractivity contribution in [2.24, 2.45) is 0 Å². The number of fused-ring (bicyclic) bond motifs is 1. The molecule has 3 aromatic rings. The number of aryl methyl sites for hydroxylation is 1. The number of carbonyl (C=O) groups excluding carboxylic acids is 1. The van der Waals surface area contributed by atoms with Gasteiger partial charge in [0, 0.05) is 32.2 Å². The van der Waals surface area contributed by atoms with Gasteiger partial charge in [0.15, 0.2) is 0 Å². The number of rotatable bonds is 10. The van der Waals surface area contributed by atoms with Crippen LogP contribution < -0.4 is 5.32 Å². The molecule has 0 fully saturated rings. The van der Waals surface area contributed by atoms with E-state index >= 15 is 0 Å². The maximum absolute atomic E-state index is 12.0. The Morgan fingerprint density at radius 2 is 1.93 bits per heavy atom. The summed E-state index contributed by atoms with van der Waals surface area (Å²) in [5.41, 5.74) is 3.15. The minimum Gasteiger partial charge on any atom is -0.380 e. The van der Waals surface area contributed by atoms with Crippen molar-refractivity contribution in [1.29, 1.82) is 0 Å². The van der Waals surface area contributed by atoms with Gasteiger partial charge in [-0.25, -0.2) is 4.98 Å². The van der Waals surface area contributed by atoms with Crippen LogP contribution in [0.25, 0.3) is 17.1 Å². The number of benzene rings is 2. The first kappa shape index (κ1) is 19.8. The van der Waals surface area contributed by atoms with E-state index in [2.05, 4.69) is 16.0 Å². The summed E-state index contributed by atoms with van der Waals surface area (Å²) >= 11 is 0. The number of carbonyl (C=O) groups is 1. The first-order valence-electron chi connectivity index (χ1n) is 9.81. The van der Waals surface area contributed by atoms with Crippen LogP contribution in [0, 0.1) is 0 Å². The van der Waals surface area contributed by atoms with E-state index in [0.29, 0.717) is 19.8 Å². The first-order valence-corrected chi connectivity index (χ1v) is 9.81. The number of imidazole rings is 1. The summed E-state index contributed by atoms with van der Waals surface area (Å²) < 4.78 is 7.74. The summed E-state index contributed by atoms with van der Waals surface area (Å²) in [6, 6.07) is 18.0. The number of hydrogen-bond acceptors (Lipinski definition) is 3. The maximum Gasteiger partial charge on any atom is 0.243 e. The fourth-order valence-corrected chi connectivity index (χ4v) is 3.12. The molecule has 0 aliphatic rings. The molecular formula is C23H27N3O2. The predicted molar refractivity (Wildman–Crippen MR) is 113 cm³/mol. The number of ether oxygens (including phenoxy) is 1. The molecule has 0 saturated carbocycles. The van der Waals surface area contributed by atoms with Gasteiger partial charge in [-0.1, -0.05) is 42.5 Å². The van der Waals surface area contributed by atoms with E-state index in [-0.39, 0.29) is 5.91 Å². The topological polar surface area (TPSA) is 56.1 Å². The molecule has 28 heavy (non-hydrogen) atoms. The molecule has 5 heteroatoms. The van der Waals surface area contributed by atoms with Crippen molar-refractivity contribution in [3.63, 3.8) is 0 Å². The van der Waals surface area contributed by atoms with Crippen LogP contribution in [0.2, 0.25) is 0 Å². The van der Waals surface area contributed by atoms with Crippen LogP contribution in [0.5, 0.6) is 0 Å². The van der Waals surface area contributed by atoms with Crippen LogP contribution >= 0.6 is 0 Å². The molecule has 3 rings (SSSR count). The number of para-hydroxylation sites is 2. The maximum atomic E-state index is 12.0. The molecular weight excluding hydrogens is 350 g/mol. The third-order valence-electron chi connectivity index (χ3n) is 4.50. The van der Waals surface area contributed by atoms with Crippen LogP contribution in [-0.2, 0) is 22.5 Å². The Balaban J connectivity index is 1.52. The fraction of sp³-hybridized carbons (Fsp3) is 0.304. The molecule has 0 unspecified atom stereocenters. The second-order valence-electron chi connectivity index (χ2n) is 6.50. The zero-order chi connectivity index (χ0) is 19.6. The molecule has 0 radical (unpaired) electrons. The van der Waals surface area contributed by atoms with Crippen LogP contribution in [0.15, 0.2) is 60.7 Å². The molecule has 146 valence electrons. The van der Waals surface area contributed by atoms with Crippen molar-refractivity contribution in [1.82, 2.24) is 14.9 Å². The average molecular weight is 377 g/mol. The lowest BCUT2D eigenvalue weighted by Gasteiger charge is -2.09. The molecule has 1 N–H and O–H groups in total. The van der Waals surface area contributed by atoms with E-state index in [1.165, 1.54) is 0 Å². The number of nitrogens with zero attached hydrogens (tertiary/aromatic N) is 2. The zero-order valence-corrected chi connectivity index (χ0v) is 16.3. The van der Waals surface area contributed by atoms with E-state index in [4.69, 9.17) is 9.72 Å². The van der Waals surface area contributed by atoms with Gasteiger partial charge in [-0.15, -0.1) is 0 Å². The summed E-state index contributed by atoms with van der Waals surface area (Å²) in [6.07, 6.45) is 5.04. The molecule has 2 aromatic carbocycles. The smallest absolute Gasteiger partial charge is 0.243 e. The molecule has 0 aliphatic carbocycles. The molecule has 0 atom stereocenters. The highest BCUT2D eigenvalue weighted by Gasteiger charge is 2.10. The van der Waals surface area contributed by atoms with Gasteiger partial charge in [-0.05, 0) is 37.1 Å². The molecule has 1 heterocycles. The van der Waals surface area contributed by atoms with E-state index in [0.717, 1.165) is 41.8 Å². The highest BCUT2D eigenvalue weighted by Crippen LogP contribution is 2.17. The quantitative estimate of drug-likeness (QED) is 0.431. The summed E-state index contributed by atoms with van der Waals surface area (Å²) in [7, 11) is 0. The Kier molecular flexibility index (Phi) is 7.38. The third-order valence-corrected chi connectivity index (χ3v) is 4.50. The normalized spacial score (nSPS) is 11.3. The standard InChI is InChI=1S/C23H27N3O2/c1-2-28-18-17-26-21-12-7-6-11-20(21)25-22(26)13-8-16-24-23(27)15-14-19-9-4-3-5-10-19/h3-7,9-12,14-15H,2,8,13,16-18H2,1H3,(H,24,27)/b15-14-. The third kappa shape index (κ3) is 5.54. The van der Waals surface area contributed by atoms with Gasteiger partial charge in [0.25, 0.3) is 0 Å². The summed E-state index contributed by atoms with van der Waals surface area (Å²) in [5.74, 6) is 0.962. The lowest BCUT2D eigenvalue weighted by molar-refractivity contribution is -0.116. The van der Waals surface area contributed by atoms with Gasteiger partial charge in [0.1, 0.15) is 5.82 Å². The van der Waals surface area contributed by atoms with Gasteiger partial charge in [0.2, 0.25) is 5.91 Å². The SMILES string of the molecule is CCOCCn1c(CCCNC(=O)/C=C\c2ccccc2)nc2ccccc21. The lowest BCUT2D eigenvalue weighted by Crippen LogP contribution is -2.22. The van der Waals surface area contributed by atoms with E-state index in [1.807, 2.05) is 61.5 Å². The van der Waals surface area contributed by atoms with Crippen molar-refractivity contribution in [3.8, 4) is 0 Å². The molecule has 0 spiro atoms. The molecule has 5 nitrogen and oxygen atoms in total. The van der Waals surface area contributed by atoms with Crippen LogP contribution in [-0.4, -0.2) is 35.2 Å². The van der Waals surface area contributed by atoms with Gasteiger partial charge in [-0.3, -0.25) is 4.79 Å². The Bertz CT molecular complexity index is 916. The fourth-order valence-electron chi connectivity index (χ4n) is 3.12. The molecule has 0 aliphatic heterocycles. The Morgan fingerprint density at radius 3 is 2.75 bits per heavy atom. The van der Waals surface area contributed by atoms with E-state index in [9.17, 15) is 4.79 Å². The van der Waals surface area contributed by atoms with E-state index < -0.39 is 0 Å². The highest BCUT2D eigenvalue weighted by molar-refractivity contribution is 5.91. The van der Waals surface area contributed by atoms with Crippen LogP contribution in [0.4, 0.5) is 0 Å². The van der Waals surface area contributed by atoms with Crippen molar-refractivity contribution >= 4 is 23.0 Å². The molecule has 0 bridgehead atoms.